The van der Waals surface area contributed by atoms with E-state index < -0.39 is 17.3 Å². The zero-order chi connectivity index (χ0) is 16.2. The summed E-state index contributed by atoms with van der Waals surface area (Å²) in [6.07, 6.45) is 1.97. The van der Waals surface area contributed by atoms with Crippen LogP contribution in [-0.4, -0.2) is 35.5 Å². The third kappa shape index (κ3) is 5.31. The van der Waals surface area contributed by atoms with Gasteiger partial charge in [-0.3, -0.25) is 5.32 Å². The van der Waals surface area contributed by atoms with Crippen molar-refractivity contribution in [1.82, 2.24) is 5.32 Å². The van der Waals surface area contributed by atoms with Gasteiger partial charge in [0, 0.05) is 18.7 Å². The van der Waals surface area contributed by atoms with E-state index in [2.05, 4.69) is 10.6 Å². The van der Waals surface area contributed by atoms with Crippen molar-refractivity contribution >= 4 is 11.8 Å². The molecule has 5 nitrogen and oxygen atoms in total. The Hall–Kier alpha value is -1.59. The molecule has 0 aliphatic carbocycles. The quantitative estimate of drug-likeness (QED) is 0.803. The van der Waals surface area contributed by atoms with Gasteiger partial charge in [0.05, 0.1) is 5.60 Å². The molecule has 0 spiro atoms. The van der Waals surface area contributed by atoms with E-state index in [0.717, 1.165) is 24.9 Å². The van der Waals surface area contributed by atoms with Gasteiger partial charge in [-0.1, -0.05) is 12.1 Å². The van der Waals surface area contributed by atoms with Crippen molar-refractivity contribution in [2.75, 3.05) is 18.4 Å². The lowest BCUT2D eigenvalue weighted by Gasteiger charge is -2.32. The van der Waals surface area contributed by atoms with Gasteiger partial charge in [0.1, 0.15) is 5.60 Å². The van der Waals surface area contributed by atoms with Gasteiger partial charge in [-0.05, 0) is 57.9 Å². The van der Waals surface area contributed by atoms with Crippen molar-refractivity contribution in [3.63, 3.8) is 0 Å². The molecule has 1 aliphatic rings. The van der Waals surface area contributed by atoms with E-state index in [9.17, 15) is 9.90 Å². The number of hydrogen-bond acceptors (Lipinski definition) is 4. The van der Waals surface area contributed by atoms with E-state index in [1.165, 1.54) is 0 Å². The van der Waals surface area contributed by atoms with Crippen LogP contribution in [0.5, 0.6) is 0 Å². The van der Waals surface area contributed by atoms with Crippen molar-refractivity contribution in [2.24, 2.45) is 0 Å². The van der Waals surface area contributed by atoms with E-state index in [1.54, 1.807) is 0 Å². The molecule has 22 heavy (non-hydrogen) atoms. The van der Waals surface area contributed by atoms with Crippen LogP contribution in [0.25, 0.3) is 0 Å². The third-order valence-corrected chi connectivity index (χ3v) is 3.58. The second kappa shape index (κ2) is 6.67. The number of β-amino-alcohol motifs (C(OH)–C–C–N with tert-alkyl or cyclic N) is 1. The highest BCUT2D eigenvalue weighted by molar-refractivity contribution is 5.84. The lowest BCUT2D eigenvalue weighted by Crippen LogP contribution is -2.47. The molecule has 5 heteroatoms. The first-order valence-electron chi connectivity index (χ1n) is 7.78. The molecular weight excluding hydrogens is 280 g/mol. The summed E-state index contributed by atoms with van der Waals surface area (Å²) >= 11 is 0. The van der Waals surface area contributed by atoms with Crippen LogP contribution in [0.15, 0.2) is 24.3 Å². The SMILES string of the molecule is CC(C)(C)OC(=O)Nc1ccc(CC2(O)CCCNC2)cc1. The molecule has 1 unspecified atom stereocenters. The number of carbonyl (C=O) groups is 1. The van der Waals surface area contributed by atoms with E-state index in [-0.39, 0.29) is 0 Å². The number of nitrogens with one attached hydrogen (secondary N) is 2. The highest BCUT2D eigenvalue weighted by Crippen LogP contribution is 2.22. The van der Waals surface area contributed by atoms with Gasteiger partial charge in [-0.25, -0.2) is 4.79 Å². The monoisotopic (exact) mass is 306 g/mol. The van der Waals surface area contributed by atoms with Crippen LogP contribution in [0.3, 0.4) is 0 Å². The second-order valence-electron chi connectivity index (χ2n) is 7.01. The van der Waals surface area contributed by atoms with Crippen molar-refractivity contribution < 1.29 is 14.6 Å². The zero-order valence-electron chi connectivity index (χ0n) is 13.6. The summed E-state index contributed by atoms with van der Waals surface area (Å²) in [5.74, 6) is 0. The van der Waals surface area contributed by atoms with E-state index in [0.29, 0.717) is 18.7 Å². The van der Waals surface area contributed by atoms with Gasteiger partial charge in [-0.15, -0.1) is 0 Å². The minimum Gasteiger partial charge on any atom is -0.444 e. The molecule has 1 aliphatic heterocycles. The predicted octanol–water partition coefficient (Wildman–Crippen LogP) is 2.69. The Labute approximate surface area is 132 Å². The molecule has 122 valence electrons. The number of amides is 1. The minimum absolute atomic E-state index is 0.463. The topological polar surface area (TPSA) is 70.6 Å². The fourth-order valence-corrected chi connectivity index (χ4v) is 2.61. The van der Waals surface area contributed by atoms with Crippen LogP contribution in [0.1, 0.15) is 39.2 Å². The standard InChI is InChI=1S/C17H26N2O3/c1-16(2,3)22-15(20)19-14-7-5-13(6-8-14)11-17(21)9-4-10-18-12-17/h5-8,18,21H,4,9-12H2,1-3H3,(H,19,20). The number of piperidine rings is 1. The van der Waals surface area contributed by atoms with E-state index in [1.807, 2.05) is 45.0 Å². The van der Waals surface area contributed by atoms with Gasteiger partial charge >= 0.3 is 6.09 Å². The highest BCUT2D eigenvalue weighted by atomic mass is 16.6. The molecule has 0 aromatic heterocycles. The Morgan fingerprint density at radius 2 is 2.05 bits per heavy atom. The number of carbonyl (C=O) groups excluding carboxylic acids is 1. The molecule has 1 aromatic carbocycles. The Kier molecular flexibility index (Phi) is 5.08. The highest BCUT2D eigenvalue weighted by Gasteiger charge is 2.29. The summed E-state index contributed by atoms with van der Waals surface area (Å²) in [6.45, 7) is 7.09. The average Bonchev–Trinajstić information content (AvgIpc) is 2.39. The fourth-order valence-electron chi connectivity index (χ4n) is 2.61. The lowest BCUT2D eigenvalue weighted by atomic mass is 9.87. The van der Waals surface area contributed by atoms with Gasteiger partial charge in [0.25, 0.3) is 0 Å². The molecule has 1 atom stereocenters. The maximum atomic E-state index is 11.7. The number of rotatable bonds is 3. The van der Waals surface area contributed by atoms with Crippen molar-refractivity contribution in [3.05, 3.63) is 29.8 Å². The molecule has 0 radical (unpaired) electrons. The number of aliphatic hydroxyl groups is 1. The Morgan fingerprint density at radius 1 is 1.36 bits per heavy atom. The minimum atomic E-state index is -0.668. The van der Waals surface area contributed by atoms with Gasteiger partial charge in [0.2, 0.25) is 0 Å². The summed E-state index contributed by atoms with van der Waals surface area (Å²) in [5.41, 5.74) is 0.562. The van der Waals surface area contributed by atoms with Crippen LogP contribution in [-0.2, 0) is 11.2 Å². The number of hydrogen-bond donors (Lipinski definition) is 3. The molecule has 1 heterocycles. The van der Waals surface area contributed by atoms with Crippen molar-refractivity contribution in [3.8, 4) is 0 Å². The number of anilines is 1. The van der Waals surface area contributed by atoms with E-state index >= 15 is 0 Å². The van der Waals surface area contributed by atoms with Crippen LogP contribution in [0.4, 0.5) is 10.5 Å². The molecule has 1 fully saturated rings. The third-order valence-electron chi connectivity index (χ3n) is 3.58. The fraction of sp³-hybridized carbons (Fsp3) is 0.588. The second-order valence-corrected chi connectivity index (χ2v) is 7.01. The molecule has 1 amide bonds. The van der Waals surface area contributed by atoms with Crippen LogP contribution < -0.4 is 10.6 Å². The summed E-state index contributed by atoms with van der Waals surface area (Å²) in [7, 11) is 0. The maximum Gasteiger partial charge on any atom is 0.412 e. The Morgan fingerprint density at radius 3 is 2.59 bits per heavy atom. The van der Waals surface area contributed by atoms with Gasteiger partial charge < -0.3 is 15.2 Å². The summed E-state index contributed by atoms with van der Waals surface area (Å²) in [5, 5.41) is 16.4. The molecule has 0 bridgehead atoms. The smallest absolute Gasteiger partial charge is 0.412 e. The van der Waals surface area contributed by atoms with Crippen molar-refractivity contribution in [1.29, 1.82) is 0 Å². The van der Waals surface area contributed by atoms with E-state index in [4.69, 9.17) is 4.74 Å². The normalized spacial score (nSPS) is 22.2. The van der Waals surface area contributed by atoms with Crippen LogP contribution >= 0.6 is 0 Å². The molecule has 1 aromatic rings. The first-order valence-corrected chi connectivity index (χ1v) is 7.78. The number of ether oxygens (including phenoxy) is 1. The molecular formula is C17H26N2O3. The molecule has 3 N–H and O–H groups in total. The lowest BCUT2D eigenvalue weighted by molar-refractivity contribution is 0.0169. The van der Waals surface area contributed by atoms with Crippen LogP contribution in [0.2, 0.25) is 0 Å². The van der Waals surface area contributed by atoms with Gasteiger partial charge in [-0.2, -0.15) is 0 Å². The largest absolute Gasteiger partial charge is 0.444 e. The van der Waals surface area contributed by atoms with Crippen molar-refractivity contribution in [2.45, 2.75) is 51.2 Å². The first-order chi connectivity index (χ1) is 10.3. The summed E-state index contributed by atoms with van der Waals surface area (Å²) in [6, 6.07) is 7.52. The summed E-state index contributed by atoms with van der Waals surface area (Å²) < 4.78 is 5.21. The average molecular weight is 306 g/mol. The Bertz CT molecular complexity index is 500. The maximum absolute atomic E-state index is 11.7. The zero-order valence-corrected chi connectivity index (χ0v) is 13.6. The molecule has 0 saturated carbocycles. The Balaban J connectivity index is 1.91. The number of benzene rings is 1. The first kappa shape index (κ1) is 16.8. The summed E-state index contributed by atoms with van der Waals surface area (Å²) in [4.78, 5) is 11.7. The van der Waals surface area contributed by atoms with Gasteiger partial charge in [0.15, 0.2) is 0 Å². The predicted molar refractivity (Wildman–Crippen MR) is 87.1 cm³/mol. The molecule has 2 rings (SSSR count). The molecule has 1 saturated heterocycles. The van der Waals surface area contributed by atoms with Crippen LogP contribution in [0, 0.1) is 0 Å².